The van der Waals surface area contributed by atoms with Gasteiger partial charge in [-0.15, -0.1) is 0 Å². The lowest BCUT2D eigenvalue weighted by Crippen LogP contribution is -2.54. The molecule has 0 spiro atoms. The third kappa shape index (κ3) is 5.60. The van der Waals surface area contributed by atoms with E-state index in [0.717, 1.165) is 50.1 Å². The lowest BCUT2D eigenvalue weighted by Gasteiger charge is -2.35. The molecular formula is C26H35FN4O4. The third-order valence-electron chi connectivity index (χ3n) is 7.67. The number of rotatable bonds is 9. The van der Waals surface area contributed by atoms with Gasteiger partial charge in [-0.25, -0.2) is 4.39 Å². The molecule has 1 N–H and O–H groups in total. The SMILES string of the molecule is CC(C)c1nc(N2CCC([C@H]3C[C@H]3CCOc3ccc(CC(=O)N4CC(O)C4)c(F)c3)CC2)no1. The van der Waals surface area contributed by atoms with Crippen LogP contribution in [0.1, 0.15) is 56.9 Å². The Kier molecular flexibility index (Phi) is 6.95. The number of nitrogens with zero attached hydrogens (tertiary/aromatic N) is 4. The molecule has 3 heterocycles. The van der Waals surface area contributed by atoms with Crippen LogP contribution in [0.4, 0.5) is 10.3 Å². The summed E-state index contributed by atoms with van der Waals surface area (Å²) < 4.78 is 25.6. The van der Waals surface area contributed by atoms with Gasteiger partial charge < -0.3 is 24.2 Å². The highest BCUT2D eigenvalue weighted by molar-refractivity contribution is 5.79. The Morgan fingerprint density at radius 3 is 2.71 bits per heavy atom. The fourth-order valence-electron chi connectivity index (χ4n) is 5.32. The number of β-amino-alcohol motifs (C(OH)–C–C–N with tert-alkyl or cyclic N) is 1. The molecule has 0 unspecified atom stereocenters. The second-order valence-corrected chi connectivity index (χ2v) is 10.6. The first-order chi connectivity index (χ1) is 16.9. The molecule has 1 aromatic heterocycles. The summed E-state index contributed by atoms with van der Waals surface area (Å²) in [6.45, 7) is 7.28. The molecule has 1 aromatic carbocycles. The molecule has 190 valence electrons. The van der Waals surface area contributed by atoms with Crippen molar-refractivity contribution in [2.75, 3.05) is 37.7 Å². The number of halogens is 1. The number of aliphatic hydroxyl groups is 1. The van der Waals surface area contributed by atoms with E-state index in [0.29, 0.717) is 42.8 Å². The van der Waals surface area contributed by atoms with E-state index in [-0.39, 0.29) is 18.2 Å². The van der Waals surface area contributed by atoms with Crippen LogP contribution < -0.4 is 9.64 Å². The van der Waals surface area contributed by atoms with Crippen LogP contribution in [0.5, 0.6) is 5.75 Å². The van der Waals surface area contributed by atoms with Crippen LogP contribution in [-0.4, -0.2) is 64.9 Å². The molecule has 9 heteroatoms. The highest BCUT2D eigenvalue weighted by Gasteiger charge is 2.43. The van der Waals surface area contributed by atoms with Crippen molar-refractivity contribution in [2.24, 2.45) is 17.8 Å². The molecule has 2 aliphatic heterocycles. The molecular weight excluding hydrogens is 451 g/mol. The van der Waals surface area contributed by atoms with E-state index in [1.54, 1.807) is 12.1 Å². The quantitative estimate of drug-likeness (QED) is 0.581. The fourth-order valence-corrected chi connectivity index (χ4v) is 5.32. The van der Waals surface area contributed by atoms with E-state index >= 15 is 0 Å². The maximum Gasteiger partial charge on any atom is 0.266 e. The van der Waals surface area contributed by atoms with Gasteiger partial charge in [-0.3, -0.25) is 4.79 Å². The van der Waals surface area contributed by atoms with E-state index < -0.39 is 11.9 Å². The van der Waals surface area contributed by atoms with Crippen LogP contribution in [0.2, 0.25) is 0 Å². The van der Waals surface area contributed by atoms with Crippen molar-refractivity contribution in [3.05, 3.63) is 35.5 Å². The second-order valence-electron chi connectivity index (χ2n) is 10.6. The summed E-state index contributed by atoms with van der Waals surface area (Å²) in [5, 5.41) is 13.5. The van der Waals surface area contributed by atoms with Gasteiger partial charge in [-0.05, 0) is 60.2 Å². The zero-order valence-electron chi connectivity index (χ0n) is 20.5. The number of amides is 1. The average molecular weight is 487 g/mol. The number of aliphatic hydroxyl groups excluding tert-OH is 1. The largest absolute Gasteiger partial charge is 0.493 e. The predicted octanol–water partition coefficient (Wildman–Crippen LogP) is 3.40. The van der Waals surface area contributed by atoms with Crippen LogP contribution in [0.15, 0.2) is 22.7 Å². The molecule has 2 atom stereocenters. The van der Waals surface area contributed by atoms with Crippen LogP contribution >= 0.6 is 0 Å². The van der Waals surface area contributed by atoms with E-state index in [4.69, 9.17) is 9.26 Å². The van der Waals surface area contributed by atoms with Crippen LogP contribution in [0, 0.1) is 23.6 Å². The normalized spacial score (nSPS) is 23.0. The second kappa shape index (κ2) is 10.1. The van der Waals surface area contributed by atoms with Crippen LogP contribution in [0.25, 0.3) is 0 Å². The molecule has 0 bridgehead atoms. The minimum atomic E-state index is -0.451. The Morgan fingerprint density at radius 1 is 1.29 bits per heavy atom. The summed E-state index contributed by atoms with van der Waals surface area (Å²) >= 11 is 0. The van der Waals surface area contributed by atoms with Gasteiger partial charge in [0.1, 0.15) is 11.6 Å². The van der Waals surface area contributed by atoms with Gasteiger partial charge >= 0.3 is 0 Å². The molecule has 2 saturated heterocycles. The molecule has 5 rings (SSSR count). The Bertz CT molecular complexity index is 1030. The Hall–Kier alpha value is -2.68. The number of hydrogen-bond acceptors (Lipinski definition) is 7. The number of carbonyl (C=O) groups is 1. The predicted molar refractivity (Wildman–Crippen MR) is 128 cm³/mol. The van der Waals surface area contributed by atoms with Crippen molar-refractivity contribution in [3.63, 3.8) is 0 Å². The van der Waals surface area contributed by atoms with Crippen LogP contribution in [-0.2, 0) is 11.2 Å². The van der Waals surface area contributed by atoms with Gasteiger partial charge in [0, 0.05) is 38.2 Å². The van der Waals surface area contributed by atoms with E-state index in [2.05, 4.69) is 28.9 Å². The smallest absolute Gasteiger partial charge is 0.266 e. The standard InChI is InChI=1S/C26H35FN4O4/c1-16(2)25-28-26(29-35-25)30-8-5-17(6-9-30)22-11-18(22)7-10-34-21-4-3-19(23(27)13-21)12-24(33)31-14-20(32)15-31/h3-4,13,16-18,20,22,32H,5-12,14-15H2,1-2H3/t18-,22-/m1/s1. The third-order valence-corrected chi connectivity index (χ3v) is 7.67. The zero-order valence-corrected chi connectivity index (χ0v) is 20.5. The van der Waals surface area contributed by atoms with Gasteiger partial charge in [0.2, 0.25) is 11.8 Å². The minimum absolute atomic E-state index is 0.00696. The van der Waals surface area contributed by atoms with Crippen molar-refractivity contribution in [3.8, 4) is 5.75 Å². The zero-order chi connectivity index (χ0) is 24.5. The van der Waals surface area contributed by atoms with Gasteiger partial charge in [0.05, 0.1) is 19.1 Å². The summed E-state index contributed by atoms with van der Waals surface area (Å²) in [4.78, 5) is 20.4. The van der Waals surface area contributed by atoms with Crippen molar-refractivity contribution in [1.82, 2.24) is 15.0 Å². The van der Waals surface area contributed by atoms with Gasteiger partial charge in [0.25, 0.3) is 5.95 Å². The molecule has 3 fully saturated rings. The van der Waals surface area contributed by atoms with Crippen molar-refractivity contribution < 1.29 is 23.6 Å². The lowest BCUT2D eigenvalue weighted by atomic mass is 9.90. The number of hydrogen-bond donors (Lipinski definition) is 1. The van der Waals surface area contributed by atoms with E-state index in [9.17, 15) is 14.3 Å². The summed E-state index contributed by atoms with van der Waals surface area (Å²) in [5.74, 6) is 3.74. The number of likely N-dealkylation sites (tertiary alicyclic amines) is 1. The first-order valence-electron chi connectivity index (χ1n) is 12.8. The van der Waals surface area contributed by atoms with Crippen molar-refractivity contribution in [2.45, 2.75) is 58.0 Å². The molecule has 2 aromatic rings. The number of carbonyl (C=O) groups excluding carboxylic acids is 1. The number of anilines is 1. The average Bonchev–Trinajstić information content (AvgIpc) is 3.41. The maximum absolute atomic E-state index is 14.5. The highest BCUT2D eigenvalue weighted by Crippen LogP contribution is 2.50. The Balaban J connectivity index is 1.01. The molecule has 1 saturated carbocycles. The number of ether oxygens (including phenoxy) is 1. The van der Waals surface area contributed by atoms with Crippen LogP contribution in [0.3, 0.4) is 0 Å². The number of piperidine rings is 1. The summed E-state index contributed by atoms with van der Waals surface area (Å²) in [7, 11) is 0. The van der Waals surface area contributed by atoms with E-state index in [1.807, 2.05) is 0 Å². The van der Waals surface area contributed by atoms with E-state index in [1.165, 1.54) is 17.4 Å². The fraction of sp³-hybridized carbons (Fsp3) is 0.654. The topological polar surface area (TPSA) is 91.9 Å². The summed E-state index contributed by atoms with van der Waals surface area (Å²) in [6, 6.07) is 4.73. The Labute approximate surface area is 205 Å². The maximum atomic E-state index is 14.5. The number of benzene rings is 1. The summed E-state index contributed by atoms with van der Waals surface area (Å²) in [6.07, 6.45) is 4.08. The van der Waals surface area contributed by atoms with Crippen molar-refractivity contribution in [1.29, 1.82) is 0 Å². The highest BCUT2D eigenvalue weighted by atomic mass is 19.1. The van der Waals surface area contributed by atoms with Gasteiger partial charge in [-0.1, -0.05) is 19.9 Å². The Morgan fingerprint density at radius 2 is 2.06 bits per heavy atom. The molecule has 0 radical (unpaired) electrons. The molecule has 8 nitrogen and oxygen atoms in total. The molecule has 1 aliphatic carbocycles. The molecule has 1 amide bonds. The monoisotopic (exact) mass is 486 g/mol. The van der Waals surface area contributed by atoms with Crippen molar-refractivity contribution >= 4 is 11.9 Å². The summed E-state index contributed by atoms with van der Waals surface area (Å²) in [5.41, 5.74) is 0.360. The first kappa shape index (κ1) is 24.0. The minimum Gasteiger partial charge on any atom is -0.493 e. The molecule has 3 aliphatic rings. The first-order valence-corrected chi connectivity index (χ1v) is 12.8. The molecule has 35 heavy (non-hydrogen) atoms. The van der Waals surface area contributed by atoms with Gasteiger partial charge in [0.15, 0.2) is 0 Å². The van der Waals surface area contributed by atoms with Gasteiger partial charge in [-0.2, -0.15) is 4.98 Å². The lowest BCUT2D eigenvalue weighted by molar-refractivity contribution is -0.140. The number of aromatic nitrogens is 2.